The first kappa shape index (κ1) is 18.1. The highest BCUT2D eigenvalue weighted by atomic mass is 32.2. The maximum Gasteiger partial charge on any atom is 0.218 e. The predicted molar refractivity (Wildman–Crippen MR) is 99.9 cm³/mol. The molecule has 2 atom stereocenters. The second-order valence-electron chi connectivity index (χ2n) is 6.82. The Kier molecular flexibility index (Phi) is 5.57. The van der Waals surface area contributed by atoms with Crippen molar-refractivity contribution in [3.05, 3.63) is 71.3 Å². The molecular formula is C20H25NO3S. The van der Waals surface area contributed by atoms with E-state index in [9.17, 15) is 8.42 Å². The highest BCUT2D eigenvalue weighted by molar-refractivity contribution is 7.88. The molecule has 1 fully saturated rings. The van der Waals surface area contributed by atoms with Gasteiger partial charge < -0.3 is 4.74 Å². The Hall–Kier alpha value is -1.69. The van der Waals surface area contributed by atoms with Crippen molar-refractivity contribution in [2.75, 3.05) is 13.1 Å². The highest BCUT2D eigenvalue weighted by Gasteiger charge is 2.32. The molecule has 2 aromatic rings. The number of hydrogen-bond acceptors (Lipinski definition) is 3. The Labute approximate surface area is 150 Å². The van der Waals surface area contributed by atoms with Crippen molar-refractivity contribution in [3.63, 3.8) is 0 Å². The van der Waals surface area contributed by atoms with E-state index in [1.54, 1.807) is 4.31 Å². The summed E-state index contributed by atoms with van der Waals surface area (Å²) in [6, 6.07) is 17.7. The van der Waals surface area contributed by atoms with Crippen molar-refractivity contribution in [1.29, 1.82) is 0 Å². The van der Waals surface area contributed by atoms with Crippen molar-refractivity contribution in [2.45, 2.75) is 38.2 Å². The molecular weight excluding hydrogens is 334 g/mol. The van der Waals surface area contributed by atoms with Gasteiger partial charge >= 0.3 is 0 Å². The lowest BCUT2D eigenvalue weighted by Gasteiger charge is -2.36. The maximum absolute atomic E-state index is 12.9. The summed E-state index contributed by atoms with van der Waals surface area (Å²) in [5, 5.41) is 0. The Morgan fingerprint density at radius 2 is 1.76 bits per heavy atom. The molecule has 0 aliphatic carbocycles. The zero-order valence-corrected chi connectivity index (χ0v) is 15.6. The van der Waals surface area contributed by atoms with Crippen LogP contribution in [-0.4, -0.2) is 38.0 Å². The first-order valence-corrected chi connectivity index (χ1v) is 10.3. The minimum absolute atomic E-state index is 0.0411. The van der Waals surface area contributed by atoms with Crippen LogP contribution in [0.2, 0.25) is 0 Å². The minimum atomic E-state index is -3.36. The zero-order valence-electron chi connectivity index (χ0n) is 14.8. The van der Waals surface area contributed by atoms with Crippen LogP contribution in [0.4, 0.5) is 0 Å². The molecule has 0 aromatic heterocycles. The van der Waals surface area contributed by atoms with Gasteiger partial charge in [0.15, 0.2) is 0 Å². The molecule has 0 N–H and O–H groups in total. The van der Waals surface area contributed by atoms with Gasteiger partial charge in [0.05, 0.1) is 18.0 Å². The van der Waals surface area contributed by atoms with Gasteiger partial charge in [-0.25, -0.2) is 8.42 Å². The Bertz CT molecular complexity index is 805. The van der Waals surface area contributed by atoms with Gasteiger partial charge in [0.1, 0.15) is 0 Å². The van der Waals surface area contributed by atoms with Crippen molar-refractivity contribution in [1.82, 2.24) is 4.31 Å². The molecule has 1 aliphatic heterocycles. The number of aryl methyl sites for hydroxylation is 1. The van der Waals surface area contributed by atoms with E-state index in [1.807, 2.05) is 68.4 Å². The van der Waals surface area contributed by atoms with Gasteiger partial charge in [-0.05, 0) is 31.4 Å². The van der Waals surface area contributed by atoms with Gasteiger partial charge in [-0.1, -0.05) is 60.2 Å². The molecule has 1 heterocycles. The second kappa shape index (κ2) is 7.68. The van der Waals surface area contributed by atoms with Gasteiger partial charge in [0.25, 0.3) is 0 Å². The summed E-state index contributed by atoms with van der Waals surface area (Å²) in [4.78, 5) is 0. The lowest BCUT2D eigenvalue weighted by atomic mass is 10.1. The number of sulfonamides is 1. The fourth-order valence-electron chi connectivity index (χ4n) is 3.32. The third-order valence-electron chi connectivity index (χ3n) is 4.42. The van der Waals surface area contributed by atoms with E-state index in [4.69, 9.17) is 4.74 Å². The number of nitrogens with zero attached hydrogens (tertiary/aromatic N) is 1. The lowest BCUT2D eigenvalue weighted by molar-refractivity contribution is -0.0529. The number of benzene rings is 2. The predicted octanol–water partition coefficient (Wildman–Crippen LogP) is 3.16. The molecule has 2 unspecified atom stereocenters. The first-order chi connectivity index (χ1) is 11.9. The van der Waals surface area contributed by atoms with Crippen molar-refractivity contribution >= 4 is 10.0 Å². The Morgan fingerprint density at radius 1 is 1.04 bits per heavy atom. The van der Waals surface area contributed by atoms with Crippen molar-refractivity contribution in [3.8, 4) is 0 Å². The van der Waals surface area contributed by atoms with Crippen LogP contribution in [0.15, 0.2) is 54.6 Å². The van der Waals surface area contributed by atoms with Crippen LogP contribution in [0.5, 0.6) is 0 Å². The SMILES string of the molecule is Cc1cccc(CS(=O)(=O)N2CC(C)OC(Cc3ccccc3)C2)c1. The Balaban J connectivity index is 1.71. The van der Waals surface area contributed by atoms with Gasteiger partial charge in [0, 0.05) is 13.1 Å². The molecule has 2 aromatic carbocycles. The first-order valence-electron chi connectivity index (χ1n) is 8.65. The van der Waals surface area contributed by atoms with E-state index in [0.717, 1.165) is 23.1 Å². The van der Waals surface area contributed by atoms with Crippen LogP contribution in [0.1, 0.15) is 23.6 Å². The molecule has 4 nitrogen and oxygen atoms in total. The van der Waals surface area contributed by atoms with E-state index in [-0.39, 0.29) is 18.0 Å². The molecule has 1 saturated heterocycles. The Morgan fingerprint density at radius 3 is 2.48 bits per heavy atom. The lowest BCUT2D eigenvalue weighted by Crippen LogP contribution is -2.50. The summed E-state index contributed by atoms with van der Waals surface area (Å²) in [5.41, 5.74) is 3.07. The van der Waals surface area contributed by atoms with Crippen molar-refractivity contribution < 1.29 is 13.2 Å². The standard InChI is InChI=1S/C20H25NO3S/c1-16-7-6-10-19(11-16)15-25(22,23)21-13-17(2)24-20(14-21)12-18-8-4-3-5-9-18/h3-11,17,20H,12-15H2,1-2H3. The largest absolute Gasteiger partial charge is 0.372 e. The van der Waals surface area contributed by atoms with Crippen LogP contribution >= 0.6 is 0 Å². The van der Waals surface area contributed by atoms with Crippen LogP contribution in [-0.2, 0) is 26.9 Å². The number of hydrogen-bond donors (Lipinski definition) is 0. The van der Waals surface area contributed by atoms with E-state index < -0.39 is 10.0 Å². The molecule has 0 radical (unpaired) electrons. The van der Waals surface area contributed by atoms with Gasteiger partial charge in [-0.15, -0.1) is 0 Å². The molecule has 134 valence electrons. The number of rotatable bonds is 5. The average molecular weight is 359 g/mol. The molecule has 0 amide bonds. The van der Waals surface area contributed by atoms with Crippen LogP contribution in [0, 0.1) is 6.92 Å². The topological polar surface area (TPSA) is 46.6 Å². The quantitative estimate of drug-likeness (QED) is 0.824. The zero-order chi connectivity index (χ0) is 17.9. The van der Waals surface area contributed by atoms with E-state index in [1.165, 1.54) is 0 Å². The normalized spacial score (nSPS) is 22.0. The van der Waals surface area contributed by atoms with Crippen LogP contribution < -0.4 is 0 Å². The molecule has 0 saturated carbocycles. The molecule has 0 bridgehead atoms. The summed E-state index contributed by atoms with van der Waals surface area (Å²) in [5.74, 6) is 0.0411. The third kappa shape index (κ3) is 4.91. The molecule has 5 heteroatoms. The summed E-state index contributed by atoms with van der Waals surface area (Å²) in [7, 11) is -3.36. The number of morpholine rings is 1. The van der Waals surface area contributed by atoms with Crippen LogP contribution in [0.25, 0.3) is 0 Å². The summed E-state index contributed by atoms with van der Waals surface area (Å²) < 4.78 is 33.3. The fraction of sp³-hybridized carbons (Fsp3) is 0.400. The summed E-state index contributed by atoms with van der Waals surface area (Å²) in [6.07, 6.45) is 0.509. The van der Waals surface area contributed by atoms with E-state index in [0.29, 0.717) is 13.1 Å². The monoisotopic (exact) mass is 359 g/mol. The van der Waals surface area contributed by atoms with E-state index >= 15 is 0 Å². The van der Waals surface area contributed by atoms with Gasteiger partial charge in [0.2, 0.25) is 10.0 Å². The molecule has 0 spiro atoms. The van der Waals surface area contributed by atoms with E-state index in [2.05, 4.69) is 0 Å². The second-order valence-corrected chi connectivity index (χ2v) is 8.79. The average Bonchev–Trinajstić information content (AvgIpc) is 2.55. The van der Waals surface area contributed by atoms with Gasteiger partial charge in [-0.2, -0.15) is 4.31 Å². The molecule has 25 heavy (non-hydrogen) atoms. The molecule has 3 rings (SSSR count). The minimum Gasteiger partial charge on any atom is -0.372 e. The maximum atomic E-state index is 12.9. The fourth-order valence-corrected chi connectivity index (χ4v) is 4.94. The number of ether oxygens (including phenoxy) is 1. The van der Waals surface area contributed by atoms with Crippen LogP contribution in [0.3, 0.4) is 0 Å². The third-order valence-corrected chi connectivity index (χ3v) is 6.21. The molecule has 1 aliphatic rings. The highest BCUT2D eigenvalue weighted by Crippen LogP contribution is 2.21. The smallest absolute Gasteiger partial charge is 0.218 e. The van der Waals surface area contributed by atoms with Gasteiger partial charge in [-0.3, -0.25) is 0 Å². The van der Waals surface area contributed by atoms with Crippen molar-refractivity contribution in [2.24, 2.45) is 0 Å². The summed E-state index contributed by atoms with van der Waals surface area (Å²) in [6.45, 7) is 4.74. The summed E-state index contributed by atoms with van der Waals surface area (Å²) >= 11 is 0.